The van der Waals surface area contributed by atoms with Gasteiger partial charge in [-0.1, -0.05) is 6.07 Å². The van der Waals surface area contributed by atoms with Crippen LogP contribution in [-0.2, 0) is 12.8 Å². The van der Waals surface area contributed by atoms with Gasteiger partial charge in [-0.05, 0) is 36.3 Å². The molecule has 0 aromatic carbocycles. The van der Waals surface area contributed by atoms with Gasteiger partial charge >= 0.3 is 6.18 Å². The van der Waals surface area contributed by atoms with Crippen molar-refractivity contribution in [1.82, 2.24) is 9.78 Å². The average Bonchev–Trinajstić information content (AvgIpc) is 3.49. The summed E-state index contributed by atoms with van der Waals surface area (Å²) in [6.45, 7) is 0. The number of carbonyl (C=O) groups is 1. The predicted octanol–water partition coefficient (Wildman–Crippen LogP) is 5.28. The van der Waals surface area contributed by atoms with E-state index in [1.54, 1.807) is 17.5 Å². The lowest BCUT2D eigenvalue weighted by molar-refractivity contribution is -0.173. The number of alkyl halides is 3. The molecule has 4 heterocycles. The third kappa shape index (κ3) is 3.40. The molecule has 1 aliphatic carbocycles. The molecular weight excluding hydrogens is 447 g/mol. The predicted molar refractivity (Wildman–Crippen MR) is 112 cm³/mol. The number of anilines is 2. The summed E-state index contributed by atoms with van der Waals surface area (Å²) in [6.07, 6.45) is -0.921. The standard InChI is InChI=1S/C20H16F3N5OS2/c21-20(22,23)16-7-13(15-5-2-6-30-15)26-17-12(9-25-28(16)17)18(29)27-19-11(8-24)10-3-1-4-14(10)31-19/h2,5-6,9,13,16,26H,1,3-4,7H2,(H,27,29). The maximum Gasteiger partial charge on any atom is 0.410 e. The molecule has 2 unspecified atom stereocenters. The maximum atomic E-state index is 13.8. The van der Waals surface area contributed by atoms with Crippen LogP contribution in [0.4, 0.5) is 24.0 Å². The van der Waals surface area contributed by atoms with Gasteiger partial charge in [-0.25, -0.2) is 4.68 Å². The van der Waals surface area contributed by atoms with Crippen molar-refractivity contribution < 1.29 is 18.0 Å². The number of hydrogen-bond acceptors (Lipinski definition) is 6. The molecule has 0 saturated carbocycles. The van der Waals surface area contributed by atoms with E-state index in [0.29, 0.717) is 10.6 Å². The van der Waals surface area contributed by atoms with Gasteiger partial charge in [0.1, 0.15) is 22.5 Å². The van der Waals surface area contributed by atoms with Crippen LogP contribution in [-0.4, -0.2) is 21.9 Å². The Morgan fingerprint density at radius 1 is 1.39 bits per heavy atom. The van der Waals surface area contributed by atoms with Crippen molar-refractivity contribution >= 4 is 39.4 Å². The van der Waals surface area contributed by atoms with Crippen molar-refractivity contribution in [3.8, 4) is 6.07 Å². The normalized spacial score (nSPS) is 19.9. The fourth-order valence-electron chi connectivity index (χ4n) is 4.19. The average molecular weight is 464 g/mol. The summed E-state index contributed by atoms with van der Waals surface area (Å²) >= 11 is 2.72. The topological polar surface area (TPSA) is 82.7 Å². The number of hydrogen-bond donors (Lipinski definition) is 2. The summed E-state index contributed by atoms with van der Waals surface area (Å²) in [4.78, 5) is 14.8. The van der Waals surface area contributed by atoms with Gasteiger partial charge in [0.15, 0.2) is 6.04 Å². The zero-order valence-corrected chi connectivity index (χ0v) is 17.6. The lowest BCUT2D eigenvalue weighted by atomic mass is 10.0. The van der Waals surface area contributed by atoms with E-state index >= 15 is 0 Å². The second-order valence-electron chi connectivity index (χ2n) is 7.48. The largest absolute Gasteiger partial charge is 0.410 e. The lowest BCUT2D eigenvalue weighted by Gasteiger charge is -2.33. The molecule has 0 spiro atoms. The van der Waals surface area contributed by atoms with Crippen molar-refractivity contribution in [3.05, 3.63) is 50.2 Å². The maximum absolute atomic E-state index is 13.8. The number of fused-ring (bicyclic) bond motifs is 2. The van der Waals surface area contributed by atoms with Crippen LogP contribution in [0.15, 0.2) is 23.7 Å². The number of nitrogens with zero attached hydrogens (tertiary/aromatic N) is 3. The molecule has 2 N–H and O–H groups in total. The number of rotatable bonds is 3. The Morgan fingerprint density at radius 2 is 2.23 bits per heavy atom. The Hall–Kier alpha value is -2.84. The summed E-state index contributed by atoms with van der Waals surface area (Å²) in [7, 11) is 0. The first-order valence-corrected chi connectivity index (χ1v) is 11.4. The lowest BCUT2D eigenvalue weighted by Crippen LogP contribution is -2.36. The molecule has 2 aliphatic rings. The number of aryl methyl sites for hydroxylation is 1. The molecule has 0 bridgehead atoms. The number of thiophene rings is 2. The van der Waals surface area contributed by atoms with Crippen LogP contribution < -0.4 is 10.6 Å². The molecule has 0 fully saturated rings. The minimum atomic E-state index is -4.51. The quantitative estimate of drug-likeness (QED) is 0.554. The van der Waals surface area contributed by atoms with Crippen molar-refractivity contribution in [2.24, 2.45) is 0 Å². The Morgan fingerprint density at radius 3 is 2.94 bits per heavy atom. The van der Waals surface area contributed by atoms with Gasteiger partial charge < -0.3 is 10.6 Å². The molecule has 160 valence electrons. The van der Waals surface area contributed by atoms with Gasteiger partial charge in [0.25, 0.3) is 5.91 Å². The summed E-state index contributed by atoms with van der Waals surface area (Å²) in [6, 6.07) is 3.29. The van der Waals surface area contributed by atoms with E-state index in [1.807, 2.05) is 0 Å². The highest BCUT2D eigenvalue weighted by molar-refractivity contribution is 7.16. The minimum absolute atomic E-state index is 0.0213. The van der Waals surface area contributed by atoms with E-state index in [-0.39, 0.29) is 17.8 Å². The third-order valence-corrected chi connectivity index (χ3v) is 7.82. The highest BCUT2D eigenvalue weighted by Crippen LogP contribution is 2.45. The second kappa shape index (κ2) is 7.39. The number of nitrogens with one attached hydrogen (secondary N) is 2. The Labute approximate surface area is 183 Å². The summed E-state index contributed by atoms with van der Waals surface area (Å²) in [5.74, 6) is -0.551. The van der Waals surface area contributed by atoms with Gasteiger partial charge in [-0.3, -0.25) is 4.79 Å². The number of nitriles is 1. The molecule has 0 radical (unpaired) electrons. The Balaban J connectivity index is 1.49. The van der Waals surface area contributed by atoms with Gasteiger partial charge in [0.2, 0.25) is 0 Å². The third-order valence-electron chi connectivity index (χ3n) is 5.63. The molecular formula is C20H16F3N5OS2. The molecule has 3 aromatic heterocycles. The van der Waals surface area contributed by atoms with E-state index in [2.05, 4.69) is 21.8 Å². The van der Waals surface area contributed by atoms with Gasteiger partial charge in [0, 0.05) is 16.2 Å². The SMILES string of the molecule is N#Cc1c(NC(=O)c2cnn3c2NC(c2cccs2)CC3C(F)(F)F)sc2c1CCC2. The summed E-state index contributed by atoms with van der Waals surface area (Å²) < 4.78 is 42.1. The number of carbonyl (C=O) groups excluding carboxylic acids is 1. The first-order chi connectivity index (χ1) is 14.9. The van der Waals surface area contributed by atoms with Crippen LogP contribution in [0.1, 0.15) is 56.2 Å². The van der Waals surface area contributed by atoms with Crippen LogP contribution in [0.25, 0.3) is 0 Å². The molecule has 1 amide bonds. The van der Waals surface area contributed by atoms with Gasteiger partial charge in [-0.2, -0.15) is 23.5 Å². The number of amides is 1. The highest BCUT2D eigenvalue weighted by atomic mass is 32.1. The van der Waals surface area contributed by atoms with Crippen molar-refractivity contribution in [2.45, 2.75) is 43.9 Å². The summed E-state index contributed by atoms with van der Waals surface area (Å²) in [5, 5.41) is 21.5. The van der Waals surface area contributed by atoms with Crippen LogP contribution >= 0.6 is 22.7 Å². The van der Waals surface area contributed by atoms with Crippen molar-refractivity contribution in [3.63, 3.8) is 0 Å². The highest BCUT2D eigenvalue weighted by Gasteiger charge is 2.47. The van der Waals surface area contributed by atoms with E-state index in [4.69, 9.17) is 0 Å². The van der Waals surface area contributed by atoms with Crippen LogP contribution in [0.2, 0.25) is 0 Å². The zero-order chi connectivity index (χ0) is 21.8. The van der Waals surface area contributed by atoms with E-state index in [9.17, 15) is 23.2 Å². The number of aromatic nitrogens is 2. The van der Waals surface area contributed by atoms with Crippen molar-refractivity contribution in [2.75, 3.05) is 10.6 Å². The smallest absolute Gasteiger partial charge is 0.362 e. The van der Waals surface area contributed by atoms with Gasteiger partial charge in [0.05, 0.1) is 17.8 Å². The van der Waals surface area contributed by atoms with Crippen LogP contribution in [0.5, 0.6) is 0 Å². The molecule has 5 rings (SSSR count). The van der Waals surface area contributed by atoms with Gasteiger partial charge in [-0.15, -0.1) is 22.7 Å². The molecule has 1 aliphatic heterocycles. The fourth-order valence-corrected chi connectivity index (χ4v) is 6.21. The number of halogens is 3. The van der Waals surface area contributed by atoms with E-state index < -0.39 is 24.2 Å². The first kappa shape index (κ1) is 20.1. The first-order valence-electron chi connectivity index (χ1n) is 9.67. The Bertz CT molecular complexity index is 1190. The second-order valence-corrected chi connectivity index (χ2v) is 9.57. The molecule has 3 aromatic rings. The minimum Gasteiger partial charge on any atom is -0.362 e. The molecule has 6 nitrogen and oxygen atoms in total. The zero-order valence-electron chi connectivity index (χ0n) is 16.0. The van der Waals surface area contributed by atoms with E-state index in [0.717, 1.165) is 45.5 Å². The fraction of sp³-hybridized carbons (Fsp3) is 0.350. The molecule has 11 heteroatoms. The van der Waals surface area contributed by atoms with E-state index in [1.165, 1.54) is 22.7 Å². The summed E-state index contributed by atoms with van der Waals surface area (Å²) in [5.41, 5.74) is 1.44. The van der Waals surface area contributed by atoms with Crippen LogP contribution in [0.3, 0.4) is 0 Å². The molecule has 2 atom stereocenters. The van der Waals surface area contributed by atoms with Crippen molar-refractivity contribution in [1.29, 1.82) is 5.26 Å². The Kier molecular flexibility index (Phi) is 4.79. The van der Waals surface area contributed by atoms with Crippen LogP contribution in [0, 0.1) is 11.3 Å². The molecule has 0 saturated heterocycles. The monoisotopic (exact) mass is 463 g/mol. The molecule has 31 heavy (non-hydrogen) atoms.